The zero-order chi connectivity index (χ0) is 12.2. The van der Waals surface area contributed by atoms with E-state index in [0.717, 1.165) is 6.42 Å². The average molecular weight is 228 g/mol. The van der Waals surface area contributed by atoms with Crippen molar-refractivity contribution in [2.45, 2.75) is 38.3 Å². The van der Waals surface area contributed by atoms with Gasteiger partial charge in [0.25, 0.3) is 0 Å². The Kier molecular flexibility index (Phi) is 4.34. The van der Waals surface area contributed by atoms with Gasteiger partial charge in [-0.15, -0.1) is 10.2 Å². The van der Waals surface area contributed by atoms with E-state index in [1.165, 1.54) is 4.80 Å². The Labute approximate surface area is 95.3 Å². The molecule has 0 aromatic carbocycles. The molecule has 0 fully saturated rings. The van der Waals surface area contributed by atoms with Gasteiger partial charge in [0.1, 0.15) is 0 Å². The normalized spacial score (nSPS) is 14.1. The van der Waals surface area contributed by atoms with Gasteiger partial charge in [-0.05, 0) is 25.5 Å². The van der Waals surface area contributed by atoms with Crippen LogP contribution in [0.3, 0.4) is 0 Å². The van der Waals surface area contributed by atoms with Gasteiger partial charge >= 0.3 is 0 Å². The van der Waals surface area contributed by atoms with E-state index < -0.39 is 0 Å². The Morgan fingerprint density at radius 2 is 2.25 bits per heavy atom. The summed E-state index contributed by atoms with van der Waals surface area (Å²) < 4.78 is 5.36. The molecule has 0 bridgehead atoms. The van der Waals surface area contributed by atoms with E-state index in [9.17, 15) is 0 Å². The number of methoxy groups -OCH3 is 1. The maximum atomic E-state index is 5.50. The van der Waals surface area contributed by atoms with Crippen molar-refractivity contribution in [3.63, 3.8) is 0 Å². The largest absolute Gasteiger partial charge is 0.379 e. The molecule has 1 heterocycles. The number of rotatable bonds is 6. The molecule has 16 heavy (non-hydrogen) atoms. The van der Waals surface area contributed by atoms with Crippen LogP contribution in [0.25, 0.3) is 0 Å². The average Bonchev–Trinajstić information content (AvgIpc) is 2.63. The number of hydrogen-bond acceptors (Lipinski definition) is 6. The van der Waals surface area contributed by atoms with Crippen molar-refractivity contribution in [1.82, 2.24) is 25.6 Å². The predicted molar refractivity (Wildman–Crippen MR) is 59.3 cm³/mol. The maximum Gasteiger partial charge on any atom is 0.176 e. The van der Waals surface area contributed by atoms with E-state index in [4.69, 9.17) is 10.6 Å². The highest BCUT2D eigenvalue weighted by molar-refractivity contribution is 4.87. The van der Waals surface area contributed by atoms with Crippen molar-refractivity contribution in [3.8, 4) is 0 Å². The number of nitrogens with one attached hydrogen (secondary N) is 1. The topological polar surface area (TPSA) is 90.9 Å². The second kappa shape index (κ2) is 5.33. The predicted octanol–water partition coefficient (Wildman–Crippen LogP) is -0.600. The summed E-state index contributed by atoms with van der Waals surface area (Å²) in [5.41, 5.74) is 2.53. The monoisotopic (exact) mass is 228 g/mol. The van der Waals surface area contributed by atoms with E-state index in [2.05, 4.69) is 20.8 Å². The number of hydrogen-bond donors (Lipinski definition) is 2. The SMILES string of the molecule is COC(C)(C)CC(Cc1nnn(C)n1)NN. The molecule has 0 aliphatic rings. The summed E-state index contributed by atoms with van der Waals surface area (Å²) in [5.74, 6) is 6.18. The van der Waals surface area contributed by atoms with Crippen LogP contribution in [0.2, 0.25) is 0 Å². The van der Waals surface area contributed by atoms with Gasteiger partial charge in [0.2, 0.25) is 0 Å². The van der Waals surface area contributed by atoms with Crippen LogP contribution in [0.1, 0.15) is 26.1 Å². The Balaban J connectivity index is 2.55. The molecule has 92 valence electrons. The molecule has 0 radical (unpaired) electrons. The minimum absolute atomic E-state index is 0.0687. The van der Waals surface area contributed by atoms with Crippen molar-refractivity contribution in [2.24, 2.45) is 12.9 Å². The van der Waals surface area contributed by atoms with Crippen LogP contribution >= 0.6 is 0 Å². The molecule has 0 saturated carbocycles. The lowest BCUT2D eigenvalue weighted by molar-refractivity contribution is 0.00696. The molecule has 1 rings (SSSR count). The van der Waals surface area contributed by atoms with Crippen LogP contribution in [0.5, 0.6) is 0 Å². The lowest BCUT2D eigenvalue weighted by Gasteiger charge is -2.27. The summed E-state index contributed by atoms with van der Waals surface area (Å²) in [7, 11) is 3.43. The Bertz CT molecular complexity index is 324. The molecule has 3 N–H and O–H groups in total. The Morgan fingerprint density at radius 1 is 1.56 bits per heavy atom. The molecule has 1 aromatic rings. The third-order valence-corrected chi connectivity index (χ3v) is 2.50. The molecule has 1 atom stereocenters. The molecule has 0 aliphatic heterocycles. The zero-order valence-electron chi connectivity index (χ0n) is 10.3. The summed E-state index contributed by atoms with van der Waals surface area (Å²) in [5, 5.41) is 11.8. The van der Waals surface area contributed by atoms with E-state index in [1.54, 1.807) is 14.2 Å². The molecule has 0 aliphatic carbocycles. The molecule has 0 amide bonds. The van der Waals surface area contributed by atoms with Crippen LogP contribution in [-0.4, -0.2) is 39.0 Å². The van der Waals surface area contributed by atoms with E-state index in [-0.39, 0.29) is 11.6 Å². The van der Waals surface area contributed by atoms with Crippen molar-refractivity contribution in [1.29, 1.82) is 0 Å². The second-order valence-corrected chi connectivity index (χ2v) is 4.43. The number of aromatic nitrogens is 4. The second-order valence-electron chi connectivity index (χ2n) is 4.43. The van der Waals surface area contributed by atoms with Crippen LogP contribution in [0.15, 0.2) is 0 Å². The lowest BCUT2D eigenvalue weighted by Crippen LogP contribution is -2.42. The summed E-state index contributed by atoms with van der Waals surface area (Å²) >= 11 is 0. The molecular weight excluding hydrogens is 208 g/mol. The number of hydrazine groups is 1. The quantitative estimate of drug-likeness (QED) is 0.499. The Morgan fingerprint density at radius 3 is 2.69 bits per heavy atom. The van der Waals surface area contributed by atoms with Crippen molar-refractivity contribution in [2.75, 3.05) is 7.11 Å². The van der Waals surface area contributed by atoms with Gasteiger partial charge < -0.3 is 4.74 Å². The fourth-order valence-electron chi connectivity index (χ4n) is 1.49. The molecule has 0 saturated heterocycles. The fraction of sp³-hybridized carbons (Fsp3) is 0.889. The first kappa shape index (κ1) is 13.0. The first-order valence-corrected chi connectivity index (χ1v) is 5.21. The summed E-state index contributed by atoms with van der Waals surface area (Å²) in [6.07, 6.45) is 1.41. The summed E-state index contributed by atoms with van der Waals surface area (Å²) in [4.78, 5) is 1.43. The number of aryl methyl sites for hydroxylation is 1. The number of tetrazole rings is 1. The van der Waals surface area contributed by atoms with Gasteiger partial charge in [0.15, 0.2) is 5.82 Å². The van der Waals surface area contributed by atoms with Crippen LogP contribution in [-0.2, 0) is 18.2 Å². The molecular formula is C9H20N6O. The first-order chi connectivity index (χ1) is 7.46. The highest BCUT2D eigenvalue weighted by Gasteiger charge is 2.23. The minimum atomic E-state index is -0.223. The van der Waals surface area contributed by atoms with E-state index >= 15 is 0 Å². The number of ether oxygens (including phenoxy) is 1. The summed E-state index contributed by atoms with van der Waals surface area (Å²) in [6.45, 7) is 4.03. The standard InChI is InChI=1S/C9H20N6O/c1-9(2,16-4)6-7(11-10)5-8-12-14-15(3)13-8/h7,11H,5-6,10H2,1-4H3. The molecule has 0 spiro atoms. The van der Waals surface area contributed by atoms with Crippen molar-refractivity contribution >= 4 is 0 Å². The third kappa shape index (κ3) is 3.84. The van der Waals surface area contributed by atoms with E-state index in [1.807, 2.05) is 13.8 Å². The maximum absolute atomic E-state index is 5.50. The minimum Gasteiger partial charge on any atom is -0.379 e. The summed E-state index contributed by atoms with van der Waals surface area (Å²) in [6, 6.07) is 0.0687. The zero-order valence-corrected chi connectivity index (χ0v) is 10.3. The molecule has 1 aromatic heterocycles. The van der Waals surface area contributed by atoms with Gasteiger partial charge in [0.05, 0.1) is 12.6 Å². The lowest BCUT2D eigenvalue weighted by atomic mass is 9.97. The smallest absolute Gasteiger partial charge is 0.176 e. The van der Waals surface area contributed by atoms with Gasteiger partial charge in [-0.25, -0.2) is 0 Å². The third-order valence-electron chi connectivity index (χ3n) is 2.50. The van der Waals surface area contributed by atoms with E-state index in [0.29, 0.717) is 12.2 Å². The highest BCUT2D eigenvalue weighted by atomic mass is 16.5. The molecule has 7 heteroatoms. The van der Waals surface area contributed by atoms with Gasteiger partial charge in [-0.3, -0.25) is 11.3 Å². The Hall–Kier alpha value is -1.05. The molecule has 7 nitrogen and oxygen atoms in total. The fourth-order valence-corrected chi connectivity index (χ4v) is 1.49. The van der Waals surface area contributed by atoms with Gasteiger partial charge in [0, 0.05) is 19.6 Å². The molecule has 1 unspecified atom stereocenters. The number of nitrogens with two attached hydrogens (primary N) is 1. The first-order valence-electron chi connectivity index (χ1n) is 5.21. The van der Waals surface area contributed by atoms with Gasteiger partial charge in [-0.1, -0.05) is 0 Å². The van der Waals surface area contributed by atoms with Crippen molar-refractivity contribution in [3.05, 3.63) is 5.82 Å². The highest BCUT2D eigenvalue weighted by Crippen LogP contribution is 2.16. The van der Waals surface area contributed by atoms with Crippen molar-refractivity contribution < 1.29 is 4.74 Å². The van der Waals surface area contributed by atoms with Crippen LogP contribution in [0, 0.1) is 0 Å². The van der Waals surface area contributed by atoms with Crippen LogP contribution in [0.4, 0.5) is 0 Å². The van der Waals surface area contributed by atoms with Crippen LogP contribution < -0.4 is 11.3 Å². The van der Waals surface area contributed by atoms with Gasteiger partial charge in [-0.2, -0.15) is 4.80 Å². The number of nitrogens with zero attached hydrogens (tertiary/aromatic N) is 4.